The largest absolute Gasteiger partial charge is 0.416 e. The number of rotatable bonds is 5. The Kier molecular flexibility index (Phi) is 5.73. The number of piperazine rings is 1. The molecule has 3 aromatic rings. The van der Waals surface area contributed by atoms with Gasteiger partial charge in [-0.1, -0.05) is 6.07 Å². The highest BCUT2D eigenvalue weighted by Gasteiger charge is 2.31. The summed E-state index contributed by atoms with van der Waals surface area (Å²) in [5, 5.41) is 0.946. The minimum Gasteiger partial charge on any atom is -0.369 e. The highest BCUT2D eigenvalue weighted by molar-refractivity contribution is 5.84. The number of aromatic nitrogens is 1. The summed E-state index contributed by atoms with van der Waals surface area (Å²) in [6.07, 6.45) is -2.50. The van der Waals surface area contributed by atoms with E-state index in [1.54, 1.807) is 18.2 Å². The van der Waals surface area contributed by atoms with Crippen LogP contribution in [0.2, 0.25) is 0 Å². The second-order valence-electron chi connectivity index (χ2n) is 7.90. The summed E-state index contributed by atoms with van der Waals surface area (Å²) < 4.78 is 52.5. The maximum absolute atomic E-state index is 13.6. The first-order chi connectivity index (χ1) is 14.3. The third-order valence-electron chi connectivity index (χ3n) is 5.89. The molecule has 1 aliphatic rings. The molecular formula is C23H25F4N3. The van der Waals surface area contributed by atoms with E-state index in [0.717, 1.165) is 60.7 Å². The number of halogens is 4. The van der Waals surface area contributed by atoms with Crippen LogP contribution < -0.4 is 4.90 Å². The predicted molar refractivity (Wildman–Crippen MR) is 111 cm³/mol. The van der Waals surface area contributed by atoms with E-state index in [0.29, 0.717) is 18.8 Å². The molecule has 1 aliphatic heterocycles. The normalized spacial score (nSPS) is 15.8. The van der Waals surface area contributed by atoms with Crippen molar-refractivity contribution in [2.75, 3.05) is 37.6 Å². The lowest BCUT2D eigenvalue weighted by Crippen LogP contribution is -2.46. The molecule has 1 fully saturated rings. The van der Waals surface area contributed by atoms with Crippen molar-refractivity contribution in [1.82, 2.24) is 9.88 Å². The molecular weight excluding hydrogens is 394 g/mol. The molecule has 160 valence electrons. The summed E-state index contributed by atoms with van der Waals surface area (Å²) in [6, 6.07) is 10.4. The first-order valence-electron chi connectivity index (χ1n) is 10.2. The number of hydrogen-bond donors (Lipinski definition) is 1. The van der Waals surface area contributed by atoms with Crippen molar-refractivity contribution in [2.24, 2.45) is 0 Å². The number of nitrogens with one attached hydrogen (secondary N) is 1. The molecule has 3 nitrogen and oxygen atoms in total. The zero-order valence-corrected chi connectivity index (χ0v) is 16.9. The lowest BCUT2D eigenvalue weighted by atomic mass is 10.1. The number of H-pyrrole nitrogens is 1. The first-order valence-corrected chi connectivity index (χ1v) is 10.2. The van der Waals surface area contributed by atoms with Gasteiger partial charge in [-0.3, -0.25) is 4.90 Å². The molecule has 30 heavy (non-hydrogen) atoms. The SMILES string of the molecule is Cc1[nH]c2ccc(F)cc2c1CCCN1CCN(c2cccc(C(F)(F)F)c2)CC1. The summed E-state index contributed by atoms with van der Waals surface area (Å²) in [6.45, 7) is 5.98. The lowest BCUT2D eigenvalue weighted by Gasteiger charge is -2.36. The summed E-state index contributed by atoms with van der Waals surface area (Å²) in [5.41, 5.74) is 3.21. The monoisotopic (exact) mass is 419 g/mol. The maximum atomic E-state index is 13.6. The van der Waals surface area contributed by atoms with Crippen LogP contribution in [0.15, 0.2) is 42.5 Å². The van der Waals surface area contributed by atoms with Gasteiger partial charge < -0.3 is 9.88 Å². The summed E-state index contributed by atoms with van der Waals surface area (Å²) in [5.74, 6) is -0.228. The predicted octanol–water partition coefficient (Wildman–Crippen LogP) is 5.39. The lowest BCUT2D eigenvalue weighted by molar-refractivity contribution is -0.137. The highest BCUT2D eigenvalue weighted by Crippen LogP contribution is 2.32. The second kappa shape index (κ2) is 8.30. The molecule has 0 amide bonds. The minimum atomic E-state index is -4.32. The number of aromatic amines is 1. The van der Waals surface area contributed by atoms with Crippen molar-refractivity contribution in [3.8, 4) is 0 Å². The van der Waals surface area contributed by atoms with Crippen molar-refractivity contribution in [3.05, 3.63) is 65.1 Å². The number of benzene rings is 2. The van der Waals surface area contributed by atoms with Gasteiger partial charge in [0.05, 0.1) is 5.56 Å². The van der Waals surface area contributed by atoms with Crippen LogP contribution in [0.3, 0.4) is 0 Å². The number of alkyl halides is 3. The Morgan fingerprint density at radius 3 is 2.50 bits per heavy atom. The fraction of sp³-hybridized carbons (Fsp3) is 0.391. The molecule has 0 spiro atoms. The highest BCUT2D eigenvalue weighted by atomic mass is 19.4. The van der Waals surface area contributed by atoms with Gasteiger partial charge in [-0.25, -0.2) is 4.39 Å². The van der Waals surface area contributed by atoms with E-state index in [1.807, 2.05) is 11.8 Å². The molecule has 0 bridgehead atoms. The molecule has 0 atom stereocenters. The molecule has 7 heteroatoms. The van der Waals surface area contributed by atoms with Gasteiger partial charge in [0.1, 0.15) is 5.82 Å². The first kappa shape index (κ1) is 20.7. The van der Waals surface area contributed by atoms with E-state index in [1.165, 1.54) is 18.2 Å². The van der Waals surface area contributed by atoms with E-state index >= 15 is 0 Å². The van der Waals surface area contributed by atoms with Gasteiger partial charge in [-0.05, 0) is 68.3 Å². The van der Waals surface area contributed by atoms with E-state index in [2.05, 4.69) is 9.88 Å². The Morgan fingerprint density at radius 1 is 1.00 bits per heavy atom. The second-order valence-corrected chi connectivity index (χ2v) is 7.90. The van der Waals surface area contributed by atoms with Crippen LogP contribution in [-0.2, 0) is 12.6 Å². The van der Waals surface area contributed by atoms with Gasteiger partial charge in [-0.15, -0.1) is 0 Å². The van der Waals surface area contributed by atoms with Crippen molar-refractivity contribution >= 4 is 16.6 Å². The molecule has 1 saturated heterocycles. The third kappa shape index (κ3) is 4.46. The topological polar surface area (TPSA) is 22.3 Å². The zero-order valence-electron chi connectivity index (χ0n) is 16.9. The summed E-state index contributed by atoms with van der Waals surface area (Å²) in [7, 11) is 0. The van der Waals surface area contributed by atoms with Crippen LogP contribution in [0.25, 0.3) is 10.9 Å². The van der Waals surface area contributed by atoms with Gasteiger partial charge >= 0.3 is 6.18 Å². The van der Waals surface area contributed by atoms with Crippen molar-refractivity contribution in [1.29, 1.82) is 0 Å². The number of fused-ring (bicyclic) bond motifs is 1. The molecule has 4 rings (SSSR count). The van der Waals surface area contributed by atoms with Crippen LogP contribution >= 0.6 is 0 Å². The fourth-order valence-electron chi connectivity index (χ4n) is 4.26. The van der Waals surface area contributed by atoms with Crippen LogP contribution in [0.1, 0.15) is 23.2 Å². The van der Waals surface area contributed by atoms with Gasteiger partial charge in [0.15, 0.2) is 0 Å². The Bertz CT molecular complexity index is 1020. The van der Waals surface area contributed by atoms with Crippen LogP contribution in [0.4, 0.5) is 23.2 Å². The Labute approximate surface area is 173 Å². The van der Waals surface area contributed by atoms with Gasteiger partial charge in [0, 0.05) is 48.5 Å². The molecule has 1 N–H and O–H groups in total. The summed E-state index contributed by atoms with van der Waals surface area (Å²) >= 11 is 0. The molecule has 0 radical (unpaired) electrons. The zero-order chi connectivity index (χ0) is 21.3. The van der Waals surface area contributed by atoms with Crippen LogP contribution in [0, 0.1) is 12.7 Å². The van der Waals surface area contributed by atoms with E-state index in [4.69, 9.17) is 0 Å². The van der Waals surface area contributed by atoms with Gasteiger partial charge in [0.25, 0.3) is 0 Å². The molecule has 0 aliphatic carbocycles. The Morgan fingerprint density at radius 2 is 1.77 bits per heavy atom. The molecule has 2 aromatic carbocycles. The maximum Gasteiger partial charge on any atom is 0.416 e. The smallest absolute Gasteiger partial charge is 0.369 e. The average Bonchev–Trinajstić information content (AvgIpc) is 3.03. The van der Waals surface area contributed by atoms with Crippen molar-refractivity contribution < 1.29 is 17.6 Å². The number of nitrogens with zero attached hydrogens (tertiary/aromatic N) is 2. The van der Waals surface area contributed by atoms with Crippen molar-refractivity contribution in [2.45, 2.75) is 25.9 Å². The quantitative estimate of drug-likeness (QED) is 0.561. The average molecular weight is 419 g/mol. The molecule has 0 unspecified atom stereocenters. The van der Waals surface area contributed by atoms with E-state index < -0.39 is 11.7 Å². The van der Waals surface area contributed by atoms with Crippen molar-refractivity contribution in [3.63, 3.8) is 0 Å². The number of hydrogen-bond acceptors (Lipinski definition) is 2. The molecule has 1 aromatic heterocycles. The van der Waals surface area contributed by atoms with Crippen LogP contribution in [-0.4, -0.2) is 42.6 Å². The fourth-order valence-corrected chi connectivity index (χ4v) is 4.26. The van der Waals surface area contributed by atoms with E-state index in [9.17, 15) is 17.6 Å². The van der Waals surface area contributed by atoms with E-state index in [-0.39, 0.29) is 5.82 Å². The number of aryl methyl sites for hydroxylation is 2. The summed E-state index contributed by atoms with van der Waals surface area (Å²) in [4.78, 5) is 7.67. The minimum absolute atomic E-state index is 0.228. The Hall–Kier alpha value is -2.54. The van der Waals surface area contributed by atoms with Crippen LogP contribution in [0.5, 0.6) is 0 Å². The molecule has 2 heterocycles. The Balaban J connectivity index is 1.31. The standard InChI is InChI=1S/C23H25F4N3/c1-16-20(21-15-18(24)7-8-22(21)28-16)6-3-9-29-10-12-30(13-11-29)19-5-2-4-17(14-19)23(25,26)27/h2,4-5,7-8,14-15,28H,3,6,9-13H2,1H3. The molecule has 0 saturated carbocycles. The van der Waals surface area contributed by atoms with Gasteiger partial charge in [-0.2, -0.15) is 13.2 Å². The van der Waals surface area contributed by atoms with Gasteiger partial charge in [0.2, 0.25) is 0 Å². The number of anilines is 1. The third-order valence-corrected chi connectivity index (χ3v) is 5.89.